The SMILES string of the molecule is CCC(Oc1ccccc1C)C(=O)NNC(=O)C(c1ccccc1)c1ccccc1. The summed E-state index contributed by atoms with van der Waals surface area (Å²) in [6, 6.07) is 26.5. The van der Waals surface area contributed by atoms with Crippen LogP contribution in [0, 0.1) is 6.92 Å². The highest BCUT2D eigenvalue weighted by molar-refractivity contribution is 5.90. The Balaban J connectivity index is 1.70. The van der Waals surface area contributed by atoms with E-state index in [4.69, 9.17) is 4.74 Å². The van der Waals surface area contributed by atoms with Gasteiger partial charge in [0.05, 0.1) is 5.92 Å². The second-order valence-electron chi connectivity index (χ2n) is 7.01. The maximum atomic E-state index is 13.0. The quantitative estimate of drug-likeness (QED) is 0.584. The highest BCUT2D eigenvalue weighted by atomic mass is 16.5. The number of hydrogen-bond acceptors (Lipinski definition) is 3. The van der Waals surface area contributed by atoms with Crippen LogP contribution in [0.25, 0.3) is 0 Å². The van der Waals surface area contributed by atoms with Gasteiger partial charge in [-0.15, -0.1) is 0 Å². The van der Waals surface area contributed by atoms with Crippen molar-refractivity contribution in [3.8, 4) is 5.75 Å². The highest BCUT2D eigenvalue weighted by Crippen LogP contribution is 2.24. The van der Waals surface area contributed by atoms with Crippen LogP contribution in [0.4, 0.5) is 0 Å². The average Bonchev–Trinajstić information content (AvgIpc) is 2.78. The van der Waals surface area contributed by atoms with Gasteiger partial charge in [-0.2, -0.15) is 0 Å². The van der Waals surface area contributed by atoms with E-state index in [1.54, 1.807) is 0 Å². The van der Waals surface area contributed by atoms with Gasteiger partial charge in [-0.3, -0.25) is 20.4 Å². The fraction of sp³-hybridized carbons (Fsp3) is 0.200. The number of hydrazine groups is 1. The molecular weight excluding hydrogens is 376 g/mol. The van der Waals surface area contributed by atoms with Gasteiger partial charge >= 0.3 is 0 Å². The van der Waals surface area contributed by atoms with Gasteiger partial charge in [0.2, 0.25) is 5.91 Å². The zero-order valence-electron chi connectivity index (χ0n) is 17.2. The molecule has 0 radical (unpaired) electrons. The molecule has 2 N–H and O–H groups in total. The third-order valence-corrected chi connectivity index (χ3v) is 4.86. The minimum atomic E-state index is -0.710. The molecule has 1 atom stereocenters. The van der Waals surface area contributed by atoms with E-state index in [2.05, 4.69) is 10.9 Å². The van der Waals surface area contributed by atoms with Crippen LogP contribution in [0.5, 0.6) is 5.75 Å². The smallest absolute Gasteiger partial charge is 0.279 e. The molecule has 154 valence electrons. The second-order valence-corrected chi connectivity index (χ2v) is 7.01. The summed E-state index contributed by atoms with van der Waals surface area (Å²) in [5.74, 6) is -0.595. The number of carbonyl (C=O) groups is 2. The number of para-hydroxylation sites is 1. The predicted octanol–water partition coefficient (Wildman–Crippen LogP) is 4.13. The molecule has 2 amide bonds. The first-order valence-electron chi connectivity index (χ1n) is 10.0. The van der Waals surface area contributed by atoms with Gasteiger partial charge in [0.1, 0.15) is 5.75 Å². The van der Waals surface area contributed by atoms with Crippen molar-refractivity contribution >= 4 is 11.8 Å². The second kappa shape index (κ2) is 10.3. The van der Waals surface area contributed by atoms with Gasteiger partial charge in [-0.25, -0.2) is 0 Å². The Morgan fingerprint density at radius 3 is 1.80 bits per heavy atom. The molecule has 0 aliphatic heterocycles. The Labute approximate surface area is 177 Å². The summed E-state index contributed by atoms with van der Waals surface area (Å²) in [7, 11) is 0. The predicted molar refractivity (Wildman–Crippen MR) is 117 cm³/mol. The lowest BCUT2D eigenvalue weighted by molar-refractivity contribution is -0.133. The molecule has 3 rings (SSSR count). The molecule has 0 heterocycles. The third-order valence-electron chi connectivity index (χ3n) is 4.86. The summed E-state index contributed by atoms with van der Waals surface area (Å²) in [5, 5.41) is 0. The van der Waals surface area contributed by atoms with E-state index < -0.39 is 17.9 Å². The van der Waals surface area contributed by atoms with Crippen LogP contribution in [-0.2, 0) is 9.59 Å². The number of nitrogens with one attached hydrogen (secondary N) is 2. The lowest BCUT2D eigenvalue weighted by Crippen LogP contribution is -2.49. The van der Waals surface area contributed by atoms with Gasteiger partial charge in [0, 0.05) is 0 Å². The molecule has 0 aliphatic carbocycles. The molecule has 0 aromatic heterocycles. The van der Waals surface area contributed by atoms with Crippen molar-refractivity contribution in [2.24, 2.45) is 0 Å². The normalized spacial score (nSPS) is 11.6. The molecule has 30 heavy (non-hydrogen) atoms. The molecule has 5 nitrogen and oxygen atoms in total. The topological polar surface area (TPSA) is 67.4 Å². The Morgan fingerprint density at radius 1 is 0.767 bits per heavy atom. The highest BCUT2D eigenvalue weighted by Gasteiger charge is 2.25. The summed E-state index contributed by atoms with van der Waals surface area (Å²) < 4.78 is 5.85. The van der Waals surface area contributed by atoms with Crippen LogP contribution in [-0.4, -0.2) is 17.9 Å². The Bertz CT molecular complexity index is 934. The van der Waals surface area contributed by atoms with E-state index in [1.807, 2.05) is 98.8 Å². The van der Waals surface area contributed by atoms with Crippen molar-refractivity contribution in [3.05, 3.63) is 102 Å². The Hall–Kier alpha value is -3.60. The Morgan fingerprint density at radius 2 is 1.27 bits per heavy atom. The molecule has 3 aromatic carbocycles. The molecular formula is C25H26N2O3. The van der Waals surface area contributed by atoms with Crippen LogP contribution in [0.3, 0.4) is 0 Å². The molecule has 0 fully saturated rings. The summed E-state index contributed by atoms with van der Waals surface area (Å²) >= 11 is 0. The number of amides is 2. The fourth-order valence-corrected chi connectivity index (χ4v) is 3.23. The average molecular weight is 402 g/mol. The van der Waals surface area contributed by atoms with Crippen molar-refractivity contribution in [2.45, 2.75) is 32.3 Å². The van der Waals surface area contributed by atoms with Crippen LogP contribution >= 0.6 is 0 Å². The molecule has 0 spiro atoms. The number of hydrogen-bond donors (Lipinski definition) is 2. The first kappa shape index (κ1) is 21.1. The van der Waals surface area contributed by atoms with E-state index in [0.717, 1.165) is 16.7 Å². The van der Waals surface area contributed by atoms with E-state index in [1.165, 1.54) is 0 Å². The summed E-state index contributed by atoms with van der Waals surface area (Å²) in [6.07, 6.45) is -0.241. The van der Waals surface area contributed by atoms with E-state index in [9.17, 15) is 9.59 Å². The van der Waals surface area contributed by atoms with Crippen molar-refractivity contribution in [3.63, 3.8) is 0 Å². The summed E-state index contributed by atoms with van der Waals surface area (Å²) in [5.41, 5.74) is 7.74. The van der Waals surface area contributed by atoms with Crippen LogP contribution in [0.2, 0.25) is 0 Å². The molecule has 5 heteroatoms. The largest absolute Gasteiger partial charge is 0.480 e. The Kier molecular flexibility index (Phi) is 7.22. The molecule has 0 saturated heterocycles. The first-order chi connectivity index (χ1) is 14.6. The van der Waals surface area contributed by atoms with Crippen molar-refractivity contribution in [1.82, 2.24) is 10.9 Å². The standard InChI is InChI=1S/C25H26N2O3/c1-3-21(30-22-17-11-10-12-18(22)2)24(28)26-27-25(29)23(19-13-6-4-7-14-19)20-15-8-5-9-16-20/h4-17,21,23H,3H2,1-2H3,(H,26,28)(H,27,29). The van der Waals surface area contributed by atoms with Gasteiger partial charge < -0.3 is 4.74 Å². The lowest BCUT2D eigenvalue weighted by Gasteiger charge is -2.21. The lowest BCUT2D eigenvalue weighted by atomic mass is 9.91. The van der Waals surface area contributed by atoms with Gasteiger partial charge in [-0.1, -0.05) is 85.8 Å². The van der Waals surface area contributed by atoms with Crippen LogP contribution in [0.1, 0.15) is 36.0 Å². The maximum absolute atomic E-state index is 13.0. The molecule has 0 bridgehead atoms. The number of carbonyl (C=O) groups excluding carboxylic acids is 2. The molecule has 0 saturated carbocycles. The van der Waals surface area contributed by atoms with Crippen LogP contribution < -0.4 is 15.6 Å². The third kappa shape index (κ3) is 5.26. The first-order valence-corrected chi connectivity index (χ1v) is 10.0. The number of aryl methyl sites for hydroxylation is 1. The summed E-state index contributed by atoms with van der Waals surface area (Å²) in [4.78, 5) is 25.6. The summed E-state index contributed by atoms with van der Waals surface area (Å²) in [6.45, 7) is 3.78. The number of ether oxygens (including phenoxy) is 1. The van der Waals surface area contributed by atoms with Gasteiger partial charge in [0.15, 0.2) is 6.10 Å². The monoisotopic (exact) mass is 402 g/mol. The van der Waals surface area contributed by atoms with Crippen molar-refractivity contribution in [1.29, 1.82) is 0 Å². The van der Waals surface area contributed by atoms with Crippen LogP contribution in [0.15, 0.2) is 84.9 Å². The minimum absolute atomic E-state index is 0.313. The fourth-order valence-electron chi connectivity index (χ4n) is 3.23. The zero-order valence-corrected chi connectivity index (χ0v) is 17.2. The number of benzene rings is 3. The van der Waals surface area contributed by atoms with Crippen molar-refractivity contribution in [2.75, 3.05) is 0 Å². The maximum Gasteiger partial charge on any atom is 0.279 e. The molecule has 1 unspecified atom stereocenters. The minimum Gasteiger partial charge on any atom is -0.480 e. The molecule has 3 aromatic rings. The van der Waals surface area contributed by atoms with E-state index in [0.29, 0.717) is 12.2 Å². The van der Waals surface area contributed by atoms with Gasteiger partial charge in [0.25, 0.3) is 5.91 Å². The number of rotatable bonds is 7. The van der Waals surface area contributed by atoms with E-state index >= 15 is 0 Å². The zero-order chi connectivity index (χ0) is 21.3. The van der Waals surface area contributed by atoms with E-state index in [-0.39, 0.29) is 5.91 Å². The van der Waals surface area contributed by atoms with Crippen molar-refractivity contribution < 1.29 is 14.3 Å². The molecule has 0 aliphatic rings. The van der Waals surface area contributed by atoms with Gasteiger partial charge in [-0.05, 0) is 36.1 Å².